The molecule has 2 aromatic carbocycles. The van der Waals surface area contributed by atoms with E-state index in [-0.39, 0.29) is 24.1 Å². The van der Waals surface area contributed by atoms with Crippen molar-refractivity contribution in [1.82, 2.24) is 0 Å². The quantitative estimate of drug-likeness (QED) is 0.219. The van der Waals surface area contributed by atoms with Crippen LogP contribution in [0.25, 0.3) is 0 Å². The molecule has 0 aliphatic carbocycles. The smallest absolute Gasteiger partial charge is 0.383 e. The third-order valence-corrected chi connectivity index (χ3v) is 6.41. The molecular weight excluding hydrogens is 622 g/mol. The van der Waals surface area contributed by atoms with Gasteiger partial charge in [-0.2, -0.15) is 44.6 Å². The first-order valence-electron chi connectivity index (χ1n) is 10.3. The Labute approximate surface area is 212 Å². The number of anilines is 1. The Morgan fingerprint density at radius 1 is 0.861 bits per heavy atom. The van der Waals surface area contributed by atoms with Gasteiger partial charge in [-0.15, -0.1) is 0 Å². The monoisotopic (exact) mass is 640 g/mol. The molecule has 1 aliphatic rings. The molecular formula is C22H18F9IN2O2. The lowest BCUT2D eigenvalue weighted by Gasteiger charge is -2.39. The van der Waals surface area contributed by atoms with Gasteiger partial charge in [-0.25, -0.2) is 5.01 Å². The molecule has 0 saturated carbocycles. The first kappa shape index (κ1) is 28.5. The second-order valence-electron chi connectivity index (χ2n) is 8.05. The Kier molecular flexibility index (Phi) is 7.92. The van der Waals surface area contributed by atoms with Crippen molar-refractivity contribution in [1.29, 1.82) is 0 Å². The molecule has 2 aromatic rings. The van der Waals surface area contributed by atoms with Gasteiger partial charge in [0.25, 0.3) is 0 Å². The van der Waals surface area contributed by atoms with E-state index in [9.17, 15) is 49.7 Å². The van der Waals surface area contributed by atoms with E-state index in [1.165, 1.54) is 0 Å². The molecule has 3 rings (SSSR count). The highest BCUT2D eigenvalue weighted by molar-refractivity contribution is 14.1. The first-order chi connectivity index (χ1) is 16.5. The summed E-state index contributed by atoms with van der Waals surface area (Å²) in [5.74, 6) is -2.18. The van der Waals surface area contributed by atoms with E-state index in [0.29, 0.717) is 33.7 Å². The summed E-state index contributed by atoms with van der Waals surface area (Å²) in [7, 11) is 0. The van der Waals surface area contributed by atoms with Crippen molar-refractivity contribution < 1.29 is 49.7 Å². The molecule has 3 atom stereocenters. The van der Waals surface area contributed by atoms with Gasteiger partial charge in [0.05, 0.1) is 28.4 Å². The van der Waals surface area contributed by atoms with Gasteiger partial charge >= 0.3 is 18.5 Å². The molecule has 0 aromatic heterocycles. The van der Waals surface area contributed by atoms with Gasteiger partial charge in [0.2, 0.25) is 0 Å². The molecule has 3 unspecified atom stereocenters. The van der Waals surface area contributed by atoms with Crippen LogP contribution >= 0.6 is 22.6 Å². The molecule has 0 fully saturated rings. The van der Waals surface area contributed by atoms with Gasteiger partial charge in [-0.05, 0) is 59.2 Å². The number of nitrogens with zero attached hydrogens (tertiary/aromatic N) is 2. The third-order valence-electron chi connectivity index (χ3n) is 5.64. The van der Waals surface area contributed by atoms with Gasteiger partial charge in [0.15, 0.2) is 11.8 Å². The summed E-state index contributed by atoms with van der Waals surface area (Å²) < 4.78 is 119. The molecule has 1 heterocycles. The van der Waals surface area contributed by atoms with E-state index in [4.69, 9.17) is 0 Å². The fourth-order valence-electron chi connectivity index (χ4n) is 3.93. The molecule has 0 radical (unpaired) electrons. The Hall–Kier alpha value is -2.07. The highest BCUT2D eigenvalue weighted by Crippen LogP contribution is 2.46. The molecule has 4 nitrogen and oxygen atoms in total. The number of aliphatic hydroxyl groups excluding tert-OH is 1. The Morgan fingerprint density at radius 2 is 1.33 bits per heavy atom. The topological polar surface area (TPSA) is 56.1 Å². The maximum absolute atomic E-state index is 13.7. The molecule has 0 saturated heterocycles. The van der Waals surface area contributed by atoms with Gasteiger partial charge < -0.3 is 10.2 Å². The average molecular weight is 640 g/mol. The second kappa shape index (κ2) is 10.0. The average Bonchev–Trinajstić information content (AvgIpc) is 3.08. The molecule has 1 aliphatic heterocycles. The predicted molar refractivity (Wildman–Crippen MR) is 121 cm³/mol. The molecule has 198 valence electrons. The van der Waals surface area contributed by atoms with Crippen LogP contribution in [0.2, 0.25) is 0 Å². The summed E-state index contributed by atoms with van der Waals surface area (Å²) in [6, 6.07) is 6.02. The van der Waals surface area contributed by atoms with E-state index in [1.54, 1.807) is 0 Å². The Balaban J connectivity index is 2.18. The summed E-state index contributed by atoms with van der Waals surface area (Å²) in [6.45, 7) is 0. The first-order valence-corrected chi connectivity index (χ1v) is 11.8. The fraction of sp³-hybridized carbons (Fsp3) is 0.409. The van der Waals surface area contributed by atoms with Crippen LogP contribution < -0.4 is 5.01 Å². The molecule has 0 amide bonds. The van der Waals surface area contributed by atoms with Gasteiger partial charge in [-0.3, -0.25) is 0 Å². The van der Waals surface area contributed by atoms with Crippen molar-refractivity contribution in [2.24, 2.45) is 11.0 Å². The summed E-state index contributed by atoms with van der Waals surface area (Å²) >= 11 is 1.90. The minimum atomic E-state index is -5.26. The van der Waals surface area contributed by atoms with Crippen LogP contribution in [-0.2, 0) is 12.4 Å². The van der Waals surface area contributed by atoms with E-state index in [1.807, 2.05) is 22.6 Å². The number of hydrazone groups is 1. The predicted octanol–water partition coefficient (Wildman–Crippen LogP) is 6.39. The van der Waals surface area contributed by atoms with Gasteiger partial charge in [0, 0.05) is 0 Å². The van der Waals surface area contributed by atoms with Crippen molar-refractivity contribution in [3.63, 3.8) is 0 Å². The highest BCUT2D eigenvalue weighted by atomic mass is 127. The maximum Gasteiger partial charge on any atom is 0.416 e. The van der Waals surface area contributed by atoms with Crippen LogP contribution in [-0.4, -0.2) is 38.4 Å². The van der Waals surface area contributed by atoms with Crippen LogP contribution in [0.5, 0.6) is 0 Å². The van der Waals surface area contributed by atoms with Gasteiger partial charge in [0.1, 0.15) is 0 Å². The summed E-state index contributed by atoms with van der Waals surface area (Å²) in [5, 5.41) is 26.4. The van der Waals surface area contributed by atoms with Crippen molar-refractivity contribution in [2.75, 3.05) is 9.44 Å². The molecule has 0 bridgehead atoms. The number of benzene rings is 2. The lowest BCUT2D eigenvalue weighted by Crippen LogP contribution is -2.56. The number of hydrogen-bond donors (Lipinski definition) is 2. The van der Waals surface area contributed by atoms with Crippen molar-refractivity contribution in [3.05, 3.63) is 65.2 Å². The zero-order chi connectivity index (χ0) is 27.1. The molecule has 36 heavy (non-hydrogen) atoms. The minimum Gasteiger partial charge on any atom is -0.383 e. The van der Waals surface area contributed by atoms with Gasteiger partial charge in [-0.1, -0.05) is 34.7 Å². The second-order valence-corrected chi connectivity index (χ2v) is 9.13. The zero-order valence-electron chi connectivity index (χ0n) is 18.0. The molecule has 14 heteroatoms. The van der Waals surface area contributed by atoms with Crippen LogP contribution in [0.1, 0.15) is 29.5 Å². The third kappa shape index (κ3) is 5.74. The Bertz CT molecular complexity index is 1080. The van der Waals surface area contributed by atoms with Crippen molar-refractivity contribution >= 4 is 34.0 Å². The number of hydrogen-bond acceptors (Lipinski definition) is 4. The number of halogens is 10. The van der Waals surface area contributed by atoms with Crippen molar-refractivity contribution in [3.8, 4) is 0 Å². The summed E-state index contributed by atoms with van der Waals surface area (Å²) in [4.78, 5) is 0. The van der Waals surface area contributed by atoms with Crippen LogP contribution in [0, 0.1) is 5.92 Å². The number of alkyl halides is 10. The fourth-order valence-corrected chi connectivity index (χ4v) is 4.31. The van der Waals surface area contributed by atoms with Crippen molar-refractivity contribution in [2.45, 2.75) is 43.2 Å². The van der Waals surface area contributed by atoms with E-state index in [0.717, 1.165) is 24.3 Å². The normalized spacial score (nSPS) is 22.1. The summed E-state index contributed by atoms with van der Waals surface area (Å²) in [6.07, 6.45) is -18.1. The minimum absolute atomic E-state index is 0.130. The number of rotatable bonds is 6. The van der Waals surface area contributed by atoms with Crippen LogP contribution in [0.15, 0.2) is 53.6 Å². The highest BCUT2D eigenvalue weighted by Gasteiger charge is 2.60. The standard InChI is InChI=1S/C22H18F9IN2O2/c23-20(24,25)13-4-2-12(3-5-13)17-16(18(35)22(29,30)31)19(36,10-1-11-32)34(33-17)15-8-6-14(7-9-15)21(26,27)28/h2-9,16,18,35-36H,1,10-11H2. The van der Waals surface area contributed by atoms with Crippen LogP contribution in [0.3, 0.4) is 0 Å². The summed E-state index contributed by atoms with van der Waals surface area (Å²) in [5.41, 5.74) is -5.71. The Morgan fingerprint density at radius 3 is 1.75 bits per heavy atom. The van der Waals surface area contributed by atoms with E-state index in [2.05, 4.69) is 5.10 Å². The largest absolute Gasteiger partial charge is 0.416 e. The maximum atomic E-state index is 13.7. The lowest BCUT2D eigenvalue weighted by molar-refractivity contribution is -0.228. The zero-order valence-corrected chi connectivity index (χ0v) is 20.1. The number of aliphatic hydroxyl groups is 2. The molecule has 0 spiro atoms. The SMILES string of the molecule is OC(C1C(c2ccc(C(F)(F)F)cc2)=NN(c2ccc(C(F)(F)F)cc2)C1(O)CCCI)C(F)(F)F. The van der Waals surface area contributed by atoms with Crippen LogP contribution in [0.4, 0.5) is 45.2 Å². The molecule has 2 N–H and O–H groups in total. The van der Waals surface area contributed by atoms with E-state index < -0.39 is 53.1 Å². The van der Waals surface area contributed by atoms with E-state index >= 15 is 0 Å². The lowest BCUT2D eigenvalue weighted by atomic mass is 9.81.